The van der Waals surface area contributed by atoms with E-state index in [1.807, 2.05) is 48.5 Å². The Labute approximate surface area is 129 Å². The largest absolute Gasteiger partial charge is 0.606 e. The number of benzene rings is 2. The summed E-state index contributed by atoms with van der Waals surface area (Å²) in [5.41, 5.74) is 0.840. The molecule has 21 heavy (non-hydrogen) atoms. The van der Waals surface area contributed by atoms with E-state index in [0.717, 1.165) is 15.5 Å². The van der Waals surface area contributed by atoms with Gasteiger partial charge in [0.25, 0.3) is 0 Å². The summed E-state index contributed by atoms with van der Waals surface area (Å²) in [6.07, 6.45) is 0. The van der Waals surface area contributed by atoms with Crippen LogP contribution >= 0.6 is 0 Å². The molecule has 112 valence electrons. The Kier molecular flexibility index (Phi) is 4.80. The molecule has 2 rings (SSSR count). The Bertz CT molecular complexity index is 593. The van der Waals surface area contributed by atoms with Crippen molar-refractivity contribution in [1.29, 1.82) is 0 Å². The molecule has 0 aromatic heterocycles. The van der Waals surface area contributed by atoms with Crippen LogP contribution in [0.25, 0.3) is 0 Å². The van der Waals surface area contributed by atoms with Gasteiger partial charge in [0.1, 0.15) is 5.75 Å². The number of ether oxygens (including phenoxy) is 1. The second kappa shape index (κ2) is 6.41. The first kappa shape index (κ1) is 15.7. The fraction of sp³-hybridized carbons (Fsp3) is 0.294. The summed E-state index contributed by atoms with van der Waals surface area (Å²) in [4.78, 5) is 1.52. The molecular weight excluding hydrogens is 282 g/mol. The fourth-order valence-electron chi connectivity index (χ4n) is 1.97. The first-order valence-corrected chi connectivity index (χ1v) is 7.99. The second-order valence-electron chi connectivity index (χ2n) is 5.82. The zero-order valence-corrected chi connectivity index (χ0v) is 13.7. The minimum absolute atomic E-state index is 0.0621. The zero-order chi connectivity index (χ0) is 15.5. The summed E-state index contributed by atoms with van der Waals surface area (Å²) in [5.74, 6) is 0.701. The van der Waals surface area contributed by atoms with Gasteiger partial charge in [-0.2, -0.15) is 0 Å². The minimum atomic E-state index is -1.20. The van der Waals surface area contributed by atoms with Crippen LogP contribution in [0.4, 0.5) is 5.69 Å². The fourth-order valence-corrected chi connectivity index (χ4v) is 3.06. The average molecular weight is 303 g/mol. The molecule has 0 spiro atoms. The summed E-state index contributed by atoms with van der Waals surface area (Å²) in [6, 6.07) is 15.0. The monoisotopic (exact) mass is 303 g/mol. The maximum Gasteiger partial charge on any atom is 0.162 e. The molecule has 1 atom stereocenters. The van der Waals surface area contributed by atoms with Crippen molar-refractivity contribution in [3.05, 3.63) is 48.5 Å². The van der Waals surface area contributed by atoms with Crippen molar-refractivity contribution in [2.45, 2.75) is 36.1 Å². The van der Waals surface area contributed by atoms with Gasteiger partial charge in [-0.25, -0.2) is 0 Å². The number of anilines is 1. The highest BCUT2D eigenvalue weighted by Crippen LogP contribution is 2.31. The Balaban J connectivity index is 2.31. The minimum Gasteiger partial charge on any atom is -0.606 e. The lowest BCUT2D eigenvalue weighted by molar-refractivity contribution is 0.413. The Morgan fingerprint density at radius 1 is 1.00 bits per heavy atom. The van der Waals surface area contributed by atoms with Gasteiger partial charge in [0, 0.05) is 22.8 Å². The highest BCUT2D eigenvalue weighted by Gasteiger charge is 2.19. The maximum absolute atomic E-state index is 12.5. The molecule has 0 bridgehead atoms. The van der Waals surface area contributed by atoms with E-state index in [9.17, 15) is 4.55 Å². The van der Waals surface area contributed by atoms with Gasteiger partial charge in [-0.05, 0) is 45.0 Å². The summed E-state index contributed by atoms with van der Waals surface area (Å²) >= 11 is -1.20. The van der Waals surface area contributed by atoms with Gasteiger partial charge in [-0.15, -0.1) is 0 Å². The van der Waals surface area contributed by atoms with E-state index >= 15 is 0 Å². The van der Waals surface area contributed by atoms with Crippen molar-refractivity contribution in [2.75, 3.05) is 12.4 Å². The van der Waals surface area contributed by atoms with Crippen LogP contribution in [0.5, 0.6) is 5.75 Å². The Hall–Kier alpha value is -1.65. The molecule has 2 aromatic carbocycles. The number of hydrogen-bond donors (Lipinski definition) is 1. The molecule has 4 heteroatoms. The number of hydrogen-bond acceptors (Lipinski definition) is 3. The van der Waals surface area contributed by atoms with Crippen LogP contribution in [0.2, 0.25) is 0 Å². The quantitative estimate of drug-likeness (QED) is 0.866. The van der Waals surface area contributed by atoms with Crippen molar-refractivity contribution in [1.82, 2.24) is 0 Å². The first-order valence-electron chi connectivity index (χ1n) is 6.84. The van der Waals surface area contributed by atoms with Crippen LogP contribution in [-0.2, 0) is 11.2 Å². The van der Waals surface area contributed by atoms with Crippen LogP contribution in [0.3, 0.4) is 0 Å². The van der Waals surface area contributed by atoms with Crippen LogP contribution < -0.4 is 10.1 Å². The molecule has 2 aromatic rings. The molecule has 0 aliphatic heterocycles. The van der Waals surface area contributed by atoms with E-state index in [2.05, 4.69) is 26.1 Å². The Morgan fingerprint density at radius 3 is 2.24 bits per heavy atom. The third-order valence-electron chi connectivity index (χ3n) is 2.85. The molecular formula is C17H21NO2S. The lowest BCUT2D eigenvalue weighted by atomic mass is 10.1. The summed E-state index contributed by atoms with van der Waals surface area (Å²) in [7, 11) is 1.62. The van der Waals surface area contributed by atoms with E-state index in [1.54, 1.807) is 7.11 Å². The molecule has 0 saturated carbocycles. The lowest BCUT2D eigenvalue weighted by Gasteiger charge is -2.24. The van der Waals surface area contributed by atoms with Gasteiger partial charge in [0.2, 0.25) is 0 Å². The topological polar surface area (TPSA) is 44.3 Å². The third kappa shape index (κ3) is 4.16. The van der Waals surface area contributed by atoms with E-state index in [1.165, 1.54) is 0 Å². The molecule has 1 N–H and O–H groups in total. The summed E-state index contributed by atoms with van der Waals surface area (Å²) < 4.78 is 18.0. The maximum atomic E-state index is 12.5. The predicted molar refractivity (Wildman–Crippen MR) is 87.5 cm³/mol. The standard InChI is InChI=1S/C17H21NO2S/c1-17(2,3)18-15-11-10-14(12-16(15)20-4)21(19)13-8-6-5-7-9-13/h5-12,18H,1-4H3. The normalized spacial score (nSPS) is 12.8. The first-order chi connectivity index (χ1) is 9.90. The summed E-state index contributed by atoms with van der Waals surface area (Å²) in [5, 5.41) is 3.38. The van der Waals surface area contributed by atoms with Crippen molar-refractivity contribution in [2.24, 2.45) is 0 Å². The molecule has 0 amide bonds. The molecule has 3 nitrogen and oxygen atoms in total. The van der Waals surface area contributed by atoms with Crippen molar-refractivity contribution in [3.63, 3.8) is 0 Å². The van der Waals surface area contributed by atoms with E-state index < -0.39 is 11.2 Å². The zero-order valence-electron chi connectivity index (χ0n) is 12.8. The van der Waals surface area contributed by atoms with Gasteiger partial charge in [0.05, 0.1) is 12.8 Å². The number of methoxy groups -OCH3 is 1. The summed E-state index contributed by atoms with van der Waals surface area (Å²) in [6.45, 7) is 6.26. The lowest BCUT2D eigenvalue weighted by Crippen LogP contribution is -2.26. The molecule has 0 aliphatic carbocycles. The average Bonchev–Trinajstić information content (AvgIpc) is 2.46. The van der Waals surface area contributed by atoms with Gasteiger partial charge in [-0.1, -0.05) is 18.2 Å². The highest BCUT2D eigenvalue weighted by atomic mass is 32.2. The van der Waals surface area contributed by atoms with E-state index in [0.29, 0.717) is 5.75 Å². The smallest absolute Gasteiger partial charge is 0.162 e. The molecule has 0 fully saturated rings. The van der Waals surface area contributed by atoms with Crippen molar-refractivity contribution >= 4 is 16.9 Å². The third-order valence-corrected chi connectivity index (χ3v) is 4.24. The Morgan fingerprint density at radius 2 is 1.67 bits per heavy atom. The molecule has 1 unspecified atom stereocenters. The van der Waals surface area contributed by atoms with Crippen molar-refractivity contribution < 1.29 is 9.29 Å². The number of nitrogens with one attached hydrogen (secondary N) is 1. The van der Waals surface area contributed by atoms with Gasteiger partial charge in [0.15, 0.2) is 9.79 Å². The highest BCUT2D eigenvalue weighted by molar-refractivity contribution is 7.91. The van der Waals surface area contributed by atoms with Crippen LogP contribution in [0.1, 0.15) is 20.8 Å². The van der Waals surface area contributed by atoms with Gasteiger partial charge < -0.3 is 14.6 Å². The van der Waals surface area contributed by atoms with Crippen LogP contribution in [0, 0.1) is 0 Å². The van der Waals surface area contributed by atoms with Gasteiger partial charge in [-0.3, -0.25) is 0 Å². The predicted octanol–water partition coefficient (Wildman–Crippen LogP) is 4.07. The van der Waals surface area contributed by atoms with Gasteiger partial charge >= 0.3 is 0 Å². The number of rotatable bonds is 4. The molecule has 0 saturated heterocycles. The van der Waals surface area contributed by atoms with E-state index in [-0.39, 0.29) is 5.54 Å². The molecule has 0 heterocycles. The van der Waals surface area contributed by atoms with Crippen LogP contribution in [-0.4, -0.2) is 17.2 Å². The second-order valence-corrected chi connectivity index (χ2v) is 7.30. The van der Waals surface area contributed by atoms with Crippen LogP contribution in [0.15, 0.2) is 58.3 Å². The van der Waals surface area contributed by atoms with E-state index in [4.69, 9.17) is 4.74 Å². The molecule has 0 radical (unpaired) electrons. The molecule has 0 aliphatic rings. The SMILES string of the molecule is COc1cc([S+]([O-])c2ccccc2)ccc1NC(C)(C)C. The van der Waals surface area contributed by atoms with Crippen molar-refractivity contribution in [3.8, 4) is 5.75 Å².